The first-order chi connectivity index (χ1) is 9.22. The number of nitrogens with zero attached hydrogens (tertiary/aromatic N) is 1. The molecule has 0 saturated carbocycles. The Morgan fingerprint density at radius 1 is 1.20 bits per heavy atom. The zero-order valence-electron chi connectivity index (χ0n) is 13.0. The van der Waals surface area contributed by atoms with Crippen molar-refractivity contribution in [1.82, 2.24) is 0 Å². The molecular formula is C15H23NO4. The van der Waals surface area contributed by atoms with Crippen LogP contribution in [0.2, 0.25) is 0 Å². The van der Waals surface area contributed by atoms with Crippen molar-refractivity contribution < 1.29 is 19.4 Å². The molecule has 5 heteroatoms. The molecule has 1 aromatic rings. The Balaban J connectivity index is 3.29. The second-order valence-electron chi connectivity index (χ2n) is 5.60. The van der Waals surface area contributed by atoms with Crippen LogP contribution in [0.4, 0.5) is 5.69 Å². The van der Waals surface area contributed by atoms with Gasteiger partial charge in [0, 0.05) is 20.2 Å². The van der Waals surface area contributed by atoms with E-state index in [9.17, 15) is 9.90 Å². The number of carboxylic acids is 1. The van der Waals surface area contributed by atoms with Crippen LogP contribution in [0.25, 0.3) is 0 Å². The predicted molar refractivity (Wildman–Crippen MR) is 79.0 cm³/mol. The van der Waals surface area contributed by atoms with E-state index in [2.05, 4.69) is 0 Å². The molecule has 0 bridgehead atoms. The Hall–Kier alpha value is -1.91. The van der Waals surface area contributed by atoms with Crippen LogP contribution < -0.4 is 14.4 Å². The molecule has 0 heterocycles. The van der Waals surface area contributed by atoms with Gasteiger partial charge in [0.05, 0.1) is 25.3 Å². The summed E-state index contributed by atoms with van der Waals surface area (Å²) in [6.07, 6.45) is 0.371. The van der Waals surface area contributed by atoms with Gasteiger partial charge in [-0.25, -0.2) is 0 Å². The third-order valence-electron chi connectivity index (χ3n) is 3.28. The highest BCUT2D eigenvalue weighted by Crippen LogP contribution is 2.37. The summed E-state index contributed by atoms with van der Waals surface area (Å²) in [5.41, 5.74) is 0.848. The number of hydrogen-bond donors (Lipinski definition) is 1. The first-order valence-corrected chi connectivity index (χ1v) is 6.38. The fourth-order valence-electron chi connectivity index (χ4n) is 1.98. The van der Waals surface area contributed by atoms with E-state index in [0.29, 0.717) is 17.9 Å². The van der Waals surface area contributed by atoms with Gasteiger partial charge in [-0.15, -0.1) is 0 Å². The topological polar surface area (TPSA) is 59.0 Å². The molecular weight excluding hydrogens is 258 g/mol. The van der Waals surface area contributed by atoms with Crippen molar-refractivity contribution in [3.63, 3.8) is 0 Å². The number of carboxylic acid groups (broad SMARTS) is 1. The van der Waals surface area contributed by atoms with Gasteiger partial charge in [0.1, 0.15) is 11.5 Å². The van der Waals surface area contributed by atoms with Gasteiger partial charge in [0.25, 0.3) is 0 Å². The minimum absolute atomic E-state index is 0.371. The lowest BCUT2D eigenvalue weighted by molar-refractivity contribution is -0.146. The molecule has 112 valence electrons. The van der Waals surface area contributed by atoms with Gasteiger partial charge in [0.15, 0.2) is 0 Å². The van der Waals surface area contributed by atoms with Gasteiger partial charge in [0.2, 0.25) is 0 Å². The number of benzene rings is 1. The van der Waals surface area contributed by atoms with Crippen molar-refractivity contribution in [2.24, 2.45) is 5.41 Å². The first-order valence-electron chi connectivity index (χ1n) is 6.38. The van der Waals surface area contributed by atoms with Gasteiger partial charge < -0.3 is 19.5 Å². The highest BCUT2D eigenvalue weighted by molar-refractivity contribution is 5.74. The van der Waals surface area contributed by atoms with E-state index in [1.165, 1.54) is 0 Å². The molecule has 1 N–H and O–H groups in total. The van der Waals surface area contributed by atoms with Gasteiger partial charge in [-0.1, -0.05) is 0 Å². The Labute approximate surface area is 120 Å². The lowest BCUT2D eigenvalue weighted by Crippen LogP contribution is -2.26. The molecule has 0 aliphatic carbocycles. The maximum atomic E-state index is 11.3. The summed E-state index contributed by atoms with van der Waals surface area (Å²) in [6, 6.07) is 3.71. The molecule has 0 radical (unpaired) electrons. The van der Waals surface area contributed by atoms with Crippen molar-refractivity contribution in [1.29, 1.82) is 0 Å². The lowest BCUT2D eigenvalue weighted by atomic mass is 9.85. The molecule has 0 saturated heterocycles. The lowest BCUT2D eigenvalue weighted by Gasteiger charge is -2.23. The Kier molecular flexibility index (Phi) is 4.87. The number of rotatable bonds is 6. The van der Waals surface area contributed by atoms with Crippen LogP contribution in [0.1, 0.15) is 19.4 Å². The minimum atomic E-state index is -0.863. The summed E-state index contributed by atoms with van der Waals surface area (Å²) in [5.74, 6) is 0.533. The summed E-state index contributed by atoms with van der Waals surface area (Å²) >= 11 is 0. The first kappa shape index (κ1) is 16.1. The summed E-state index contributed by atoms with van der Waals surface area (Å²) in [6.45, 7) is 3.39. The normalized spacial score (nSPS) is 11.1. The molecule has 0 aromatic heterocycles. The molecule has 0 unspecified atom stereocenters. The molecule has 0 aliphatic rings. The Morgan fingerprint density at radius 2 is 1.75 bits per heavy atom. The standard InChI is InChI=1S/C15H23NO4/c1-15(2,14(17)18)9-10-7-13(20-6)11(16(3)4)8-12(10)19-5/h7-8H,9H2,1-6H3,(H,17,18). The van der Waals surface area contributed by atoms with Crippen molar-refractivity contribution >= 4 is 11.7 Å². The zero-order valence-corrected chi connectivity index (χ0v) is 13.0. The summed E-state index contributed by atoms with van der Waals surface area (Å²) in [4.78, 5) is 13.2. The molecule has 0 atom stereocenters. The van der Waals surface area contributed by atoms with Crippen LogP contribution >= 0.6 is 0 Å². The largest absolute Gasteiger partial charge is 0.496 e. The van der Waals surface area contributed by atoms with Crippen molar-refractivity contribution in [3.05, 3.63) is 17.7 Å². The number of carbonyl (C=O) groups is 1. The van der Waals surface area contributed by atoms with E-state index in [0.717, 1.165) is 11.3 Å². The fourth-order valence-corrected chi connectivity index (χ4v) is 1.98. The number of ether oxygens (including phenoxy) is 2. The van der Waals surface area contributed by atoms with E-state index in [1.54, 1.807) is 28.1 Å². The Morgan fingerprint density at radius 3 is 2.15 bits per heavy atom. The second-order valence-corrected chi connectivity index (χ2v) is 5.60. The fraction of sp³-hybridized carbons (Fsp3) is 0.533. The third-order valence-corrected chi connectivity index (χ3v) is 3.28. The van der Waals surface area contributed by atoms with Gasteiger partial charge in [-0.2, -0.15) is 0 Å². The average Bonchev–Trinajstić information content (AvgIpc) is 2.37. The smallest absolute Gasteiger partial charge is 0.309 e. The summed E-state index contributed by atoms with van der Waals surface area (Å²) in [7, 11) is 7.01. The van der Waals surface area contributed by atoms with Gasteiger partial charge in [-0.3, -0.25) is 4.79 Å². The van der Waals surface area contributed by atoms with Crippen LogP contribution in [-0.4, -0.2) is 39.4 Å². The van der Waals surface area contributed by atoms with Crippen molar-refractivity contribution in [2.45, 2.75) is 20.3 Å². The maximum Gasteiger partial charge on any atom is 0.309 e. The van der Waals surface area contributed by atoms with Crippen LogP contribution in [-0.2, 0) is 11.2 Å². The van der Waals surface area contributed by atoms with Crippen LogP contribution in [0, 0.1) is 5.41 Å². The van der Waals surface area contributed by atoms with E-state index >= 15 is 0 Å². The second kappa shape index (κ2) is 6.03. The quantitative estimate of drug-likeness (QED) is 0.867. The van der Waals surface area contributed by atoms with Crippen molar-refractivity contribution in [3.8, 4) is 11.5 Å². The average molecular weight is 281 g/mol. The van der Waals surface area contributed by atoms with Gasteiger partial charge >= 0.3 is 5.97 Å². The van der Waals surface area contributed by atoms with E-state index in [4.69, 9.17) is 9.47 Å². The number of hydrogen-bond acceptors (Lipinski definition) is 4. The predicted octanol–water partition coefficient (Wildman–Crippen LogP) is 2.42. The summed E-state index contributed by atoms with van der Waals surface area (Å²) in [5, 5.41) is 9.26. The molecule has 0 spiro atoms. The van der Waals surface area contributed by atoms with Crippen molar-refractivity contribution in [2.75, 3.05) is 33.2 Å². The molecule has 20 heavy (non-hydrogen) atoms. The van der Waals surface area contributed by atoms with Crippen LogP contribution in [0.3, 0.4) is 0 Å². The molecule has 0 amide bonds. The number of anilines is 1. The van der Waals surface area contributed by atoms with Crippen LogP contribution in [0.15, 0.2) is 12.1 Å². The van der Waals surface area contributed by atoms with Gasteiger partial charge in [-0.05, 0) is 31.9 Å². The summed E-state index contributed by atoms with van der Waals surface area (Å²) < 4.78 is 10.8. The number of aliphatic carboxylic acids is 1. The SMILES string of the molecule is COc1cc(N(C)C)c(OC)cc1CC(C)(C)C(=O)O. The van der Waals surface area contributed by atoms with Crippen LogP contribution in [0.5, 0.6) is 11.5 Å². The Bertz CT molecular complexity index is 495. The van der Waals surface area contributed by atoms with E-state index in [-0.39, 0.29) is 0 Å². The molecule has 1 rings (SSSR count). The molecule has 0 fully saturated rings. The molecule has 0 aliphatic heterocycles. The highest BCUT2D eigenvalue weighted by Gasteiger charge is 2.29. The maximum absolute atomic E-state index is 11.3. The number of methoxy groups -OCH3 is 2. The zero-order chi connectivity index (χ0) is 15.5. The van der Waals surface area contributed by atoms with E-state index < -0.39 is 11.4 Å². The minimum Gasteiger partial charge on any atom is -0.496 e. The molecule has 5 nitrogen and oxygen atoms in total. The molecule has 1 aromatic carbocycles. The monoisotopic (exact) mass is 281 g/mol. The third kappa shape index (κ3) is 3.35. The van der Waals surface area contributed by atoms with E-state index in [1.807, 2.05) is 31.1 Å². The highest BCUT2D eigenvalue weighted by atomic mass is 16.5.